The van der Waals surface area contributed by atoms with Crippen LogP contribution in [0.25, 0.3) is 0 Å². The van der Waals surface area contributed by atoms with Crippen molar-refractivity contribution in [3.63, 3.8) is 0 Å². The summed E-state index contributed by atoms with van der Waals surface area (Å²) in [6.07, 6.45) is 0.267. The summed E-state index contributed by atoms with van der Waals surface area (Å²) < 4.78 is 15.6. The van der Waals surface area contributed by atoms with Crippen molar-refractivity contribution < 1.29 is 19.0 Å². The van der Waals surface area contributed by atoms with Gasteiger partial charge in [0.1, 0.15) is 11.5 Å². The fourth-order valence-corrected chi connectivity index (χ4v) is 1.58. The highest BCUT2D eigenvalue weighted by molar-refractivity contribution is 5.80. The summed E-state index contributed by atoms with van der Waals surface area (Å²) >= 11 is 0. The molecule has 1 aromatic rings. The van der Waals surface area contributed by atoms with Crippen molar-refractivity contribution in [1.82, 2.24) is 0 Å². The number of rotatable bonds is 5. The van der Waals surface area contributed by atoms with Crippen LogP contribution < -0.4 is 14.2 Å². The monoisotopic (exact) mass is 224 g/mol. The van der Waals surface area contributed by atoms with Gasteiger partial charge in [0, 0.05) is 12.0 Å². The van der Waals surface area contributed by atoms with E-state index in [2.05, 4.69) is 0 Å². The third-order valence-corrected chi connectivity index (χ3v) is 2.25. The lowest BCUT2D eigenvalue weighted by atomic mass is 10.1. The van der Waals surface area contributed by atoms with Crippen molar-refractivity contribution in [3.8, 4) is 17.2 Å². The lowest BCUT2D eigenvalue weighted by Gasteiger charge is -2.15. The highest BCUT2D eigenvalue weighted by Gasteiger charge is 2.16. The molecule has 0 aliphatic carbocycles. The van der Waals surface area contributed by atoms with Crippen LogP contribution in [0, 0.1) is 0 Å². The number of methoxy groups -OCH3 is 3. The van der Waals surface area contributed by atoms with Crippen LogP contribution in [0.4, 0.5) is 0 Å². The first kappa shape index (κ1) is 12.4. The van der Waals surface area contributed by atoms with Gasteiger partial charge in [-0.15, -0.1) is 0 Å². The van der Waals surface area contributed by atoms with Crippen LogP contribution in [0.1, 0.15) is 12.5 Å². The molecule has 0 aromatic heterocycles. The van der Waals surface area contributed by atoms with Gasteiger partial charge in [-0.2, -0.15) is 0 Å². The first-order chi connectivity index (χ1) is 7.63. The van der Waals surface area contributed by atoms with Crippen LogP contribution >= 0.6 is 0 Å². The van der Waals surface area contributed by atoms with Gasteiger partial charge >= 0.3 is 0 Å². The summed E-state index contributed by atoms with van der Waals surface area (Å²) in [7, 11) is 4.66. The van der Waals surface area contributed by atoms with E-state index in [1.54, 1.807) is 33.5 Å². The molecule has 0 heterocycles. The molecule has 0 N–H and O–H groups in total. The number of ether oxygens (including phenoxy) is 3. The Bertz CT molecular complexity index is 385. The molecule has 0 aliphatic rings. The van der Waals surface area contributed by atoms with Gasteiger partial charge in [-0.1, -0.05) is 0 Å². The van der Waals surface area contributed by atoms with Crippen LogP contribution in [0.3, 0.4) is 0 Å². The zero-order valence-electron chi connectivity index (χ0n) is 9.99. The van der Waals surface area contributed by atoms with Gasteiger partial charge < -0.3 is 14.2 Å². The van der Waals surface area contributed by atoms with E-state index in [1.165, 1.54) is 6.92 Å². The molecule has 0 bridgehead atoms. The number of carbonyl (C=O) groups is 1. The van der Waals surface area contributed by atoms with E-state index in [0.29, 0.717) is 17.2 Å². The zero-order valence-corrected chi connectivity index (χ0v) is 9.99. The van der Waals surface area contributed by atoms with Crippen molar-refractivity contribution in [2.75, 3.05) is 21.3 Å². The maximum atomic E-state index is 11.2. The molecule has 0 aliphatic heterocycles. The summed E-state index contributed by atoms with van der Waals surface area (Å²) in [6, 6.07) is 3.51. The number of carbonyl (C=O) groups excluding carboxylic acids is 1. The second-order valence-corrected chi connectivity index (χ2v) is 3.36. The van der Waals surface area contributed by atoms with Gasteiger partial charge in [-0.05, 0) is 19.1 Å². The van der Waals surface area contributed by atoms with Crippen LogP contribution in [0.2, 0.25) is 0 Å². The van der Waals surface area contributed by atoms with Crippen LogP contribution in [-0.4, -0.2) is 27.1 Å². The molecule has 4 heteroatoms. The van der Waals surface area contributed by atoms with Crippen molar-refractivity contribution in [2.24, 2.45) is 0 Å². The molecule has 0 saturated heterocycles. The second kappa shape index (κ2) is 5.39. The lowest BCUT2D eigenvalue weighted by molar-refractivity contribution is -0.116. The molecular formula is C12H16O4. The summed E-state index contributed by atoms with van der Waals surface area (Å²) in [5, 5.41) is 0. The van der Waals surface area contributed by atoms with Gasteiger partial charge in [0.05, 0.1) is 21.3 Å². The standard InChI is InChI=1S/C12H16O4/c1-8(13)7-9-10(14-2)5-6-11(15-3)12(9)16-4/h5-6H,7H2,1-4H3. The van der Waals surface area contributed by atoms with E-state index < -0.39 is 0 Å². The minimum atomic E-state index is 0.0462. The Morgan fingerprint density at radius 1 is 1.06 bits per heavy atom. The SMILES string of the molecule is COc1ccc(OC)c(OC)c1CC(C)=O. The second-order valence-electron chi connectivity index (χ2n) is 3.36. The summed E-state index contributed by atoms with van der Waals surface area (Å²) in [5.74, 6) is 1.83. The molecular weight excluding hydrogens is 208 g/mol. The molecule has 1 aromatic carbocycles. The largest absolute Gasteiger partial charge is 0.496 e. The minimum Gasteiger partial charge on any atom is -0.496 e. The van der Waals surface area contributed by atoms with E-state index in [-0.39, 0.29) is 12.2 Å². The fraction of sp³-hybridized carbons (Fsp3) is 0.417. The number of hydrogen-bond donors (Lipinski definition) is 0. The molecule has 88 valence electrons. The highest BCUT2D eigenvalue weighted by Crippen LogP contribution is 2.37. The van der Waals surface area contributed by atoms with E-state index in [4.69, 9.17) is 14.2 Å². The lowest BCUT2D eigenvalue weighted by Crippen LogP contribution is -2.04. The molecule has 0 radical (unpaired) electrons. The van der Waals surface area contributed by atoms with Crippen molar-refractivity contribution in [1.29, 1.82) is 0 Å². The number of ketones is 1. The Morgan fingerprint density at radius 2 is 1.62 bits per heavy atom. The number of hydrogen-bond acceptors (Lipinski definition) is 4. The Hall–Kier alpha value is -1.71. The maximum absolute atomic E-state index is 11.2. The smallest absolute Gasteiger partial charge is 0.168 e. The first-order valence-corrected chi connectivity index (χ1v) is 4.91. The topological polar surface area (TPSA) is 44.8 Å². The van der Waals surface area contributed by atoms with Crippen LogP contribution in [-0.2, 0) is 11.2 Å². The minimum absolute atomic E-state index is 0.0462. The molecule has 4 nitrogen and oxygen atoms in total. The fourth-order valence-electron chi connectivity index (χ4n) is 1.58. The maximum Gasteiger partial charge on any atom is 0.168 e. The molecule has 0 atom stereocenters. The van der Waals surface area contributed by atoms with Gasteiger partial charge in [0.2, 0.25) is 0 Å². The van der Waals surface area contributed by atoms with Crippen molar-refractivity contribution in [3.05, 3.63) is 17.7 Å². The molecule has 0 fully saturated rings. The van der Waals surface area contributed by atoms with Crippen molar-refractivity contribution >= 4 is 5.78 Å². The zero-order chi connectivity index (χ0) is 12.1. The Balaban J connectivity index is 3.30. The molecule has 0 amide bonds. The van der Waals surface area contributed by atoms with E-state index in [9.17, 15) is 4.79 Å². The first-order valence-electron chi connectivity index (χ1n) is 4.91. The Kier molecular flexibility index (Phi) is 4.17. The summed E-state index contributed by atoms with van der Waals surface area (Å²) in [5.41, 5.74) is 0.719. The molecule has 0 spiro atoms. The Morgan fingerprint density at radius 3 is 2.06 bits per heavy atom. The van der Waals surface area contributed by atoms with Gasteiger partial charge in [-0.3, -0.25) is 4.79 Å². The Labute approximate surface area is 95.1 Å². The molecule has 1 rings (SSSR count). The van der Waals surface area contributed by atoms with E-state index >= 15 is 0 Å². The normalized spacial score (nSPS) is 9.75. The average molecular weight is 224 g/mol. The summed E-state index contributed by atoms with van der Waals surface area (Å²) in [4.78, 5) is 11.2. The van der Waals surface area contributed by atoms with Gasteiger partial charge in [0.15, 0.2) is 11.5 Å². The number of benzene rings is 1. The predicted octanol–water partition coefficient (Wildman–Crippen LogP) is 1.84. The highest BCUT2D eigenvalue weighted by atomic mass is 16.5. The molecule has 0 unspecified atom stereocenters. The van der Waals surface area contributed by atoms with E-state index in [1.807, 2.05) is 0 Å². The number of Topliss-reactive ketones (excluding diaryl/α,β-unsaturated/α-hetero) is 1. The third-order valence-electron chi connectivity index (χ3n) is 2.25. The van der Waals surface area contributed by atoms with Crippen molar-refractivity contribution in [2.45, 2.75) is 13.3 Å². The van der Waals surface area contributed by atoms with Gasteiger partial charge in [0.25, 0.3) is 0 Å². The molecule has 16 heavy (non-hydrogen) atoms. The van der Waals surface area contributed by atoms with Crippen LogP contribution in [0.5, 0.6) is 17.2 Å². The average Bonchev–Trinajstić information content (AvgIpc) is 2.27. The third kappa shape index (κ3) is 2.45. The summed E-state index contributed by atoms with van der Waals surface area (Å²) in [6.45, 7) is 1.53. The van der Waals surface area contributed by atoms with Gasteiger partial charge in [-0.25, -0.2) is 0 Å². The van der Waals surface area contributed by atoms with E-state index in [0.717, 1.165) is 5.56 Å². The predicted molar refractivity (Wildman–Crippen MR) is 60.5 cm³/mol. The molecule has 0 saturated carbocycles. The van der Waals surface area contributed by atoms with Crippen LogP contribution in [0.15, 0.2) is 12.1 Å². The quantitative estimate of drug-likeness (QED) is 0.765.